The molecule has 6 heteroatoms. The van der Waals surface area contributed by atoms with Gasteiger partial charge in [-0.25, -0.2) is 11.0 Å². The lowest BCUT2D eigenvalue weighted by atomic mass is 10.8. The van der Waals surface area contributed by atoms with E-state index in [9.17, 15) is 0 Å². The van der Waals surface area contributed by atoms with Gasteiger partial charge in [0.05, 0.1) is 0 Å². The van der Waals surface area contributed by atoms with E-state index in [0.717, 1.165) is 0 Å². The van der Waals surface area contributed by atoms with Gasteiger partial charge in [-0.1, -0.05) is 0 Å². The van der Waals surface area contributed by atoms with Crippen molar-refractivity contribution < 1.29 is 0 Å². The van der Waals surface area contributed by atoms with Gasteiger partial charge < -0.3 is 0 Å². The fourth-order valence-electron chi connectivity index (χ4n) is 0.793. The van der Waals surface area contributed by atoms with Crippen molar-refractivity contribution in [2.45, 2.75) is 0 Å². The molecule has 0 atom stereocenters. The summed E-state index contributed by atoms with van der Waals surface area (Å²) >= 11 is 0. The smallest absolute Gasteiger partial charge is 0.250 e. The van der Waals surface area contributed by atoms with Gasteiger partial charge in [-0.05, 0) is 0 Å². The zero-order valence-electron chi connectivity index (χ0n) is 6.37. The van der Waals surface area contributed by atoms with Crippen LogP contribution in [0.2, 0.25) is 0 Å². The molecule has 10 heavy (non-hydrogen) atoms. The maximum Gasteiger partial charge on any atom is 0.250 e. The van der Waals surface area contributed by atoms with E-state index in [-0.39, 0.29) is 0 Å². The molecule has 0 radical (unpaired) electrons. The van der Waals surface area contributed by atoms with E-state index in [1.54, 1.807) is 24.2 Å². The van der Waals surface area contributed by atoms with Crippen LogP contribution >= 0.6 is 0 Å². The molecule has 6 nitrogen and oxygen atoms in total. The summed E-state index contributed by atoms with van der Waals surface area (Å²) in [7, 11) is 5.37. The maximum absolute atomic E-state index is 5.44. The third-order valence-corrected chi connectivity index (χ3v) is 1.15. The highest BCUT2D eigenvalue weighted by Gasteiger charge is 2.17. The Balaban J connectivity index is 2.65. The van der Waals surface area contributed by atoms with E-state index in [4.69, 9.17) is 5.84 Å². The average molecular weight is 144 g/mol. The third kappa shape index (κ3) is 1.12. The Hall–Kier alpha value is -1.01. The van der Waals surface area contributed by atoms with Crippen LogP contribution in [0.4, 0.5) is 0 Å². The highest BCUT2D eigenvalue weighted by atomic mass is 15.9. The van der Waals surface area contributed by atoms with Crippen LogP contribution in [0, 0.1) is 0 Å². The monoisotopic (exact) mass is 144 g/mol. The molecule has 3 N–H and O–H groups in total. The summed E-state index contributed by atoms with van der Waals surface area (Å²) in [6.45, 7) is 0. The van der Waals surface area contributed by atoms with E-state index >= 15 is 0 Å². The summed E-state index contributed by atoms with van der Waals surface area (Å²) in [6, 6.07) is 0. The van der Waals surface area contributed by atoms with Crippen LogP contribution in [0.1, 0.15) is 0 Å². The summed E-state index contributed by atoms with van der Waals surface area (Å²) in [6.07, 6.45) is 0. The number of nitrogens with two attached hydrogens (primary N) is 1. The SMILES string of the molecule is CN1N=C(N(C)N)N(C)N1. The van der Waals surface area contributed by atoms with Crippen LogP contribution in [0.15, 0.2) is 5.10 Å². The predicted octanol–water partition coefficient (Wildman–Crippen LogP) is -1.64. The molecule has 1 aliphatic rings. The first-order valence-corrected chi connectivity index (χ1v) is 2.92. The van der Waals surface area contributed by atoms with Gasteiger partial charge >= 0.3 is 0 Å². The molecule has 58 valence electrons. The topological polar surface area (TPSA) is 60.1 Å². The number of hydrazone groups is 1. The summed E-state index contributed by atoms with van der Waals surface area (Å²) in [4.78, 5) is 0. The van der Waals surface area contributed by atoms with Gasteiger partial charge in [-0.15, -0.1) is 10.6 Å². The molecule has 0 amide bonds. The fourth-order valence-corrected chi connectivity index (χ4v) is 0.793. The number of rotatable bonds is 0. The van der Waals surface area contributed by atoms with Crippen molar-refractivity contribution in [2.24, 2.45) is 10.9 Å². The van der Waals surface area contributed by atoms with Gasteiger partial charge in [0.2, 0.25) is 5.96 Å². The zero-order valence-corrected chi connectivity index (χ0v) is 6.37. The van der Waals surface area contributed by atoms with Crippen LogP contribution < -0.4 is 11.4 Å². The molecular formula is C4H12N6. The Morgan fingerprint density at radius 3 is 2.40 bits per heavy atom. The van der Waals surface area contributed by atoms with E-state index in [1.807, 2.05) is 7.05 Å². The maximum atomic E-state index is 5.44. The molecule has 0 aliphatic carbocycles. The minimum atomic E-state index is 0.683. The number of nitrogens with zero attached hydrogens (tertiary/aromatic N) is 4. The molecule has 1 rings (SSSR count). The van der Waals surface area contributed by atoms with Crippen molar-refractivity contribution in [1.82, 2.24) is 20.7 Å². The van der Waals surface area contributed by atoms with E-state index in [2.05, 4.69) is 10.6 Å². The van der Waals surface area contributed by atoms with E-state index in [1.165, 1.54) is 5.01 Å². The van der Waals surface area contributed by atoms with Crippen molar-refractivity contribution in [3.63, 3.8) is 0 Å². The van der Waals surface area contributed by atoms with E-state index < -0.39 is 0 Å². The Morgan fingerprint density at radius 2 is 2.20 bits per heavy atom. The third-order valence-electron chi connectivity index (χ3n) is 1.15. The second-order valence-corrected chi connectivity index (χ2v) is 2.19. The van der Waals surface area contributed by atoms with Crippen LogP contribution in [-0.4, -0.2) is 42.2 Å². The minimum absolute atomic E-state index is 0.683. The summed E-state index contributed by atoms with van der Waals surface area (Å²) in [5.74, 6) is 6.13. The molecule has 0 aromatic heterocycles. The highest BCUT2D eigenvalue weighted by Crippen LogP contribution is 1.96. The lowest BCUT2D eigenvalue weighted by molar-refractivity contribution is 0.161. The summed E-state index contributed by atoms with van der Waals surface area (Å²) < 4.78 is 0. The lowest BCUT2D eigenvalue weighted by Crippen LogP contribution is -2.46. The van der Waals surface area contributed by atoms with Gasteiger partial charge in [0.15, 0.2) is 0 Å². The highest BCUT2D eigenvalue weighted by molar-refractivity contribution is 5.79. The molecule has 1 heterocycles. The molecule has 0 aromatic rings. The second-order valence-electron chi connectivity index (χ2n) is 2.19. The van der Waals surface area contributed by atoms with Gasteiger partial charge in [-0.3, -0.25) is 10.0 Å². The molecule has 0 spiro atoms. The van der Waals surface area contributed by atoms with Crippen molar-refractivity contribution in [3.8, 4) is 0 Å². The van der Waals surface area contributed by atoms with Crippen LogP contribution in [0.25, 0.3) is 0 Å². The Labute approximate surface area is 59.8 Å². The van der Waals surface area contributed by atoms with Crippen LogP contribution in [-0.2, 0) is 0 Å². The molecule has 0 aromatic carbocycles. The number of hydrogen-bond acceptors (Lipinski definition) is 6. The number of hydrogen-bond donors (Lipinski definition) is 2. The van der Waals surface area contributed by atoms with Crippen LogP contribution in [0.5, 0.6) is 0 Å². The molecule has 0 unspecified atom stereocenters. The summed E-state index contributed by atoms with van der Waals surface area (Å²) in [5.41, 5.74) is 2.89. The Kier molecular flexibility index (Phi) is 1.64. The molecular weight excluding hydrogens is 132 g/mol. The molecule has 1 aliphatic heterocycles. The number of nitrogens with one attached hydrogen (secondary N) is 1. The first-order chi connectivity index (χ1) is 4.61. The molecule has 0 saturated carbocycles. The van der Waals surface area contributed by atoms with Gasteiger partial charge in [0, 0.05) is 21.1 Å². The quantitative estimate of drug-likeness (QED) is 0.315. The van der Waals surface area contributed by atoms with E-state index in [0.29, 0.717) is 5.96 Å². The van der Waals surface area contributed by atoms with Crippen molar-refractivity contribution in [1.29, 1.82) is 0 Å². The summed E-state index contributed by atoms with van der Waals surface area (Å²) in [5, 5.41) is 8.78. The van der Waals surface area contributed by atoms with Crippen molar-refractivity contribution in [2.75, 3.05) is 21.1 Å². The van der Waals surface area contributed by atoms with Crippen molar-refractivity contribution in [3.05, 3.63) is 0 Å². The van der Waals surface area contributed by atoms with Gasteiger partial charge in [0.1, 0.15) is 0 Å². The normalized spacial score (nSPS) is 17.8. The minimum Gasteiger partial charge on any atom is -0.281 e. The first-order valence-electron chi connectivity index (χ1n) is 2.92. The van der Waals surface area contributed by atoms with Crippen LogP contribution in [0.3, 0.4) is 0 Å². The predicted molar refractivity (Wildman–Crippen MR) is 38.0 cm³/mol. The fraction of sp³-hybridized carbons (Fsp3) is 0.750. The average Bonchev–Trinajstić information content (AvgIpc) is 2.10. The lowest BCUT2D eigenvalue weighted by Gasteiger charge is -2.18. The Bertz CT molecular complexity index is 152. The zero-order chi connectivity index (χ0) is 7.72. The molecule has 0 saturated heterocycles. The Morgan fingerprint density at radius 1 is 1.60 bits per heavy atom. The van der Waals surface area contributed by atoms with Gasteiger partial charge in [-0.2, -0.15) is 0 Å². The van der Waals surface area contributed by atoms with Crippen molar-refractivity contribution >= 4 is 5.96 Å². The number of hydrazine groups is 3. The molecule has 0 bridgehead atoms. The standard InChI is InChI=1S/C4H12N6/c1-8(5)4-6-10(3)7-9(4)2/h7H,5H2,1-3H3. The largest absolute Gasteiger partial charge is 0.281 e. The van der Waals surface area contributed by atoms with Gasteiger partial charge in [0.25, 0.3) is 0 Å². The molecule has 0 fully saturated rings. The second kappa shape index (κ2) is 2.31. The number of guanidine groups is 1. The first kappa shape index (κ1) is 7.10.